The van der Waals surface area contributed by atoms with Crippen molar-refractivity contribution in [3.8, 4) is 5.75 Å². The molecule has 0 spiro atoms. The van der Waals surface area contributed by atoms with E-state index in [0.717, 1.165) is 23.5 Å². The maximum atomic E-state index is 5.17. The highest BCUT2D eigenvalue weighted by molar-refractivity contribution is 5.31. The normalized spacial score (nSPS) is 33.3. The molecule has 0 radical (unpaired) electrons. The van der Waals surface area contributed by atoms with Crippen LogP contribution in [0.15, 0.2) is 24.3 Å². The molecule has 2 heteroatoms. The van der Waals surface area contributed by atoms with Gasteiger partial charge in [0.05, 0.1) is 7.11 Å². The smallest absolute Gasteiger partial charge is 0.118 e. The van der Waals surface area contributed by atoms with Gasteiger partial charge in [-0.2, -0.15) is 0 Å². The molecule has 3 atom stereocenters. The number of nitrogens with one attached hydrogen (secondary N) is 1. The number of methoxy groups -OCH3 is 1. The summed E-state index contributed by atoms with van der Waals surface area (Å²) in [6.07, 6.45) is 1.37. The fourth-order valence-corrected chi connectivity index (χ4v) is 3.02. The molecule has 0 aromatic heterocycles. The van der Waals surface area contributed by atoms with Crippen molar-refractivity contribution >= 4 is 0 Å². The number of hydrogen-bond donors (Lipinski definition) is 1. The van der Waals surface area contributed by atoms with Crippen molar-refractivity contribution in [1.82, 2.24) is 5.32 Å². The highest BCUT2D eigenvalue weighted by Crippen LogP contribution is 2.49. The second-order valence-electron chi connectivity index (χ2n) is 4.70. The second-order valence-corrected chi connectivity index (χ2v) is 4.70. The second kappa shape index (κ2) is 3.53. The summed E-state index contributed by atoms with van der Waals surface area (Å²) < 4.78 is 5.17. The van der Waals surface area contributed by atoms with E-state index in [4.69, 9.17) is 4.74 Å². The Morgan fingerprint density at radius 1 is 1.20 bits per heavy atom. The summed E-state index contributed by atoms with van der Waals surface area (Å²) in [5.41, 5.74) is 1.49. The SMILES string of the molecule is COc1ccc(C2CC3CNCC32)cc1. The first kappa shape index (κ1) is 9.22. The van der Waals surface area contributed by atoms with Gasteiger partial charge >= 0.3 is 0 Å². The first-order chi connectivity index (χ1) is 7.38. The minimum atomic E-state index is 0.788. The minimum absolute atomic E-state index is 0.788. The van der Waals surface area contributed by atoms with Crippen LogP contribution in [0.1, 0.15) is 17.9 Å². The molecule has 1 N–H and O–H groups in total. The van der Waals surface area contributed by atoms with E-state index in [1.54, 1.807) is 7.11 Å². The number of fused-ring (bicyclic) bond motifs is 1. The molecule has 2 fully saturated rings. The molecular weight excluding hydrogens is 186 g/mol. The van der Waals surface area contributed by atoms with Crippen LogP contribution in [0.5, 0.6) is 5.75 Å². The molecule has 1 heterocycles. The van der Waals surface area contributed by atoms with Crippen LogP contribution in [-0.2, 0) is 0 Å². The van der Waals surface area contributed by atoms with Crippen molar-refractivity contribution < 1.29 is 4.74 Å². The van der Waals surface area contributed by atoms with Crippen LogP contribution >= 0.6 is 0 Å². The van der Waals surface area contributed by atoms with Crippen molar-refractivity contribution in [2.75, 3.05) is 20.2 Å². The van der Waals surface area contributed by atoms with Gasteiger partial charge in [0.1, 0.15) is 5.75 Å². The van der Waals surface area contributed by atoms with E-state index in [2.05, 4.69) is 29.6 Å². The maximum absolute atomic E-state index is 5.17. The van der Waals surface area contributed by atoms with Crippen LogP contribution in [0.4, 0.5) is 0 Å². The third-order valence-corrected chi connectivity index (χ3v) is 4.01. The molecule has 1 aromatic carbocycles. The molecule has 3 rings (SSSR count). The van der Waals surface area contributed by atoms with Crippen LogP contribution in [0.3, 0.4) is 0 Å². The fraction of sp³-hybridized carbons (Fsp3) is 0.538. The first-order valence-electron chi connectivity index (χ1n) is 5.73. The molecule has 0 amide bonds. The lowest BCUT2D eigenvalue weighted by Crippen LogP contribution is -2.33. The first-order valence-corrected chi connectivity index (χ1v) is 5.73. The predicted molar refractivity (Wildman–Crippen MR) is 60.2 cm³/mol. The summed E-state index contributed by atoms with van der Waals surface area (Å²) in [6.45, 7) is 2.44. The van der Waals surface area contributed by atoms with Crippen LogP contribution < -0.4 is 10.1 Å². The highest BCUT2D eigenvalue weighted by Gasteiger charge is 2.44. The molecule has 1 saturated heterocycles. The van der Waals surface area contributed by atoms with E-state index in [9.17, 15) is 0 Å². The van der Waals surface area contributed by atoms with Crippen molar-refractivity contribution in [3.63, 3.8) is 0 Å². The van der Waals surface area contributed by atoms with Gasteiger partial charge in [-0.15, -0.1) is 0 Å². The molecule has 80 valence electrons. The van der Waals surface area contributed by atoms with E-state index < -0.39 is 0 Å². The number of hydrogen-bond acceptors (Lipinski definition) is 2. The predicted octanol–water partition coefficient (Wildman–Crippen LogP) is 2.02. The van der Waals surface area contributed by atoms with E-state index in [-0.39, 0.29) is 0 Å². The summed E-state index contributed by atoms with van der Waals surface area (Å²) in [5, 5.41) is 3.48. The average molecular weight is 203 g/mol. The largest absolute Gasteiger partial charge is 0.497 e. The van der Waals surface area contributed by atoms with E-state index >= 15 is 0 Å². The van der Waals surface area contributed by atoms with Crippen molar-refractivity contribution in [2.45, 2.75) is 12.3 Å². The van der Waals surface area contributed by atoms with Gasteiger partial charge in [-0.25, -0.2) is 0 Å². The molecule has 1 aliphatic carbocycles. The Bertz CT molecular complexity index is 346. The van der Waals surface area contributed by atoms with E-state index in [1.807, 2.05) is 0 Å². The summed E-state index contributed by atoms with van der Waals surface area (Å²) in [5.74, 6) is 3.57. The fourth-order valence-electron chi connectivity index (χ4n) is 3.02. The molecule has 1 aromatic rings. The minimum Gasteiger partial charge on any atom is -0.497 e. The zero-order valence-electron chi connectivity index (χ0n) is 9.07. The summed E-state index contributed by atoms with van der Waals surface area (Å²) in [6, 6.07) is 8.59. The Morgan fingerprint density at radius 2 is 2.00 bits per heavy atom. The maximum Gasteiger partial charge on any atom is 0.118 e. The van der Waals surface area contributed by atoms with Gasteiger partial charge < -0.3 is 10.1 Å². The third kappa shape index (κ3) is 1.44. The summed E-state index contributed by atoms with van der Waals surface area (Å²) in [7, 11) is 1.72. The molecule has 2 nitrogen and oxygen atoms in total. The number of benzene rings is 1. The standard InChI is InChI=1S/C13H17NO/c1-15-11-4-2-9(3-5-11)12-6-10-7-14-8-13(10)12/h2-5,10,12-14H,6-8H2,1H3. The lowest BCUT2D eigenvalue weighted by atomic mass is 9.64. The van der Waals surface area contributed by atoms with E-state index in [1.165, 1.54) is 25.1 Å². The zero-order valence-corrected chi connectivity index (χ0v) is 9.07. The Balaban J connectivity index is 1.76. The summed E-state index contributed by atoms with van der Waals surface area (Å²) in [4.78, 5) is 0. The Kier molecular flexibility index (Phi) is 2.17. The van der Waals surface area contributed by atoms with Gasteiger partial charge in [0.15, 0.2) is 0 Å². The van der Waals surface area contributed by atoms with Gasteiger partial charge in [0.2, 0.25) is 0 Å². The monoisotopic (exact) mass is 203 g/mol. The van der Waals surface area contributed by atoms with Crippen molar-refractivity contribution in [2.24, 2.45) is 11.8 Å². The van der Waals surface area contributed by atoms with Crippen LogP contribution in [-0.4, -0.2) is 20.2 Å². The van der Waals surface area contributed by atoms with Gasteiger partial charge in [0, 0.05) is 0 Å². The number of rotatable bonds is 2. The van der Waals surface area contributed by atoms with E-state index in [0.29, 0.717) is 0 Å². The topological polar surface area (TPSA) is 21.3 Å². The van der Waals surface area contributed by atoms with Crippen LogP contribution in [0, 0.1) is 11.8 Å². The van der Waals surface area contributed by atoms with Gasteiger partial charge in [0.25, 0.3) is 0 Å². The van der Waals surface area contributed by atoms with Crippen LogP contribution in [0.2, 0.25) is 0 Å². The van der Waals surface area contributed by atoms with Gasteiger partial charge in [-0.1, -0.05) is 12.1 Å². The average Bonchev–Trinajstić information content (AvgIpc) is 2.61. The Labute approximate surface area is 90.6 Å². The lowest BCUT2D eigenvalue weighted by molar-refractivity contribution is 0.191. The molecule has 15 heavy (non-hydrogen) atoms. The van der Waals surface area contributed by atoms with Crippen LogP contribution in [0.25, 0.3) is 0 Å². The third-order valence-electron chi connectivity index (χ3n) is 4.01. The molecule has 2 aliphatic rings. The zero-order chi connectivity index (χ0) is 10.3. The molecule has 0 bridgehead atoms. The van der Waals surface area contributed by atoms with Gasteiger partial charge in [-0.3, -0.25) is 0 Å². The highest BCUT2D eigenvalue weighted by atomic mass is 16.5. The van der Waals surface area contributed by atoms with Gasteiger partial charge in [-0.05, 0) is 55.0 Å². The Hall–Kier alpha value is -1.02. The molecule has 3 unspecified atom stereocenters. The molecular formula is C13H17NO. The number of ether oxygens (including phenoxy) is 1. The quantitative estimate of drug-likeness (QED) is 0.794. The Morgan fingerprint density at radius 3 is 2.67 bits per heavy atom. The molecule has 1 saturated carbocycles. The summed E-state index contributed by atoms with van der Waals surface area (Å²) >= 11 is 0. The van der Waals surface area contributed by atoms with Crippen molar-refractivity contribution in [3.05, 3.63) is 29.8 Å². The van der Waals surface area contributed by atoms with Crippen molar-refractivity contribution in [1.29, 1.82) is 0 Å². The molecule has 1 aliphatic heterocycles. The lowest BCUT2D eigenvalue weighted by Gasteiger charge is -2.40.